The number of H-pyrrole nitrogens is 1. The van der Waals surface area contributed by atoms with Crippen molar-refractivity contribution in [3.63, 3.8) is 0 Å². The number of fused-ring (bicyclic) bond motifs is 2. The van der Waals surface area contributed by atoms with Crippen molar-refractivity contribution in [1.82, 2.24) is 19.5 Å². The van der Waals surface area contributed by atoms with E-state index >= 15 is 0 Å². The second-order valence-corrected chi connectivity index (χ2v) is 7.30. The number of carbonyl (C=O) groups excluding carboxylic acids is 1. The van der Waals surface area contributed by atoms with Crippen molar-refractivity contribution in [1.29, 1.82) is 0 Å². The van der Waals surface area contributed by atoms with E-state index in [4.69, 9.17) is 0 Å². The lowest BCUT2D eigenvalue weighted by molar-refractivity contribution is 0.101. The lowest BCUT2D eigenvalue weighted by atomic mass is 10.1. The molecular formula is C22H21N5O3. The number of aromatic nitrogens is 4. The number of nitrogens with zero attached hydrogens (tertiary/aromatic N) is 3. The molecule has 2 aromatic carbocycles. The van der Waals surface area contributed by atoms with Gasteiger partial charge in [0.05, 0.1) is 11.0 Å². The van der Waals surface area contributed by atoms with Crippen LogP contribution in [0.2, 0.25) is 0 Å². The van der Waals surface area contributed by atoms with E-state index in [9.17, 15) is 14.4 Å². The monoisotopic (exact) mass is 403 g/mol. The fourth-order valence-electron chi connectivity index (χ4n) is 3.44. The third kappa shape index (κ3) is 3.59. The minimum Gasteiger partial charge on any atom is -0.383 e. The number of Topliss-reactive ketones (excluding diaryl/α,β-unsaturated/α-hetero) is 1. The van der Waals surface area contributed by atoms with E-state index in [0.717, 1.165) is 22.3 Å². The van der Waals surface area contributed by atoms with Crippen molar-refractivity contribution in [2.24, 2.45) is 0 Å². The molecular weight excluding hydrogens is 382 g/mol. The average molecular weight is 403 g/mol. The first-order valence-corrected chi connectivity index (χ1v) is 9.60. The quantitative estimate of drug-likeness (QED) is 0.391. The van der Waals surface area contributed by atoms with Gasteiger partial charge in [0.15, 0.2) is 17.3 Å². The predicted octanol–water partition coefficient (Wildman–Crippen LogP) is 2.52. The maximum absolute atomic E-state index is 12.3. The summed E-state index contributed by atoms with van der Waals surface area (Å²) in [6.07, 6.45) is 0. The number of ketones is 1. The zero-order valence-corrected chi connectivity index (χ0v) is 16.9. The molecule has 0 bridgehead atoms. The van der Waals surface area contributed by atoms with E-state index in [-0.39, 0.29) is 17.3 Å². The number of carbonyl (C=O) groups is 1. The van der Waals surface area contributed by atoms with Crippen LogP contribution in [0.5, 0.6) is 0 Å². The van der Waals surface area contributed by atoms with Gasteiger partial charge in [0.25, 0.3) is 5.56 Å². The molecule has 0 spiro atoms. The van der Waals surface area contributed by atoms with E-state index in [1.54, 1.807) is 12.1 Å². The number of hydrogen-bond donors (Lipinski definition) is 2. The van der Waals surface area contributed by atoms with Gasteiger partial charge in [-0.3, -0.25) is 14.6 Å². The number of benzene rings is 2. The Kier molecular flexibility index (Phi) is 4.91. The van der Waals surface area contributed by atoms with Gasteiger partial charge in [0, 0.05) is 24.3 Å². The van der Waals surface area contributed by atoms with Crippen LogP contribution in [0, 0.1) is 13.8 Å². The topological polar surface area (TPSA) is 110 Å². The SMILES string of the molecule is CC(=O)c1cccc(NCCn2c3nc(=O)[nH]c(=O)c-3nc3cc(C)c(C)cc32)c1. The highest BCUT2D eigenvalue weighted by molar-refractivity contribution is 5.94. The molecule has 0 aromatic heterocycles. The minimum absolute atomic E-state index is 0.00334. The fourth-order valence-corrected chi connectivity index (χ4v) is 3.44. The summed E-state index contributed by atoms with van der Waals surface area (Å²) in [7, 11) is 0. The first-order chi connectivity index (χ1) is 14.3. The summed E-state index contributed by atoms with van der Waals surface area (Å²) in [5.41, 5.74) is 3.91. The number of aromatic amines is 1. The average Bonchev–Trinajstić information content (AvgIpc) is 2.70. The van der Waals surface area contributed by atoms with Gasteiger partial charge in [-0.2, -0.15) is 4.98 Å². The maximum Gasteiger partial charge on any atom is 0.349 e. The van der Waals surface area contributed by atoms with E-state index < -0.39 is 11.2 Å². The van der Waals surface area contributed by atoms with E-state index in [1.807, 2.05) is 42.7 Å². The first kappa shape index (κ1) is 19.5. The predicted molar refractivity (Wildman–Crippen MR) is 115 cm³/mol. The second kappa shape index (κ2) is 7.55. The number of anilines is 1. The van der Waals surface area contributed by atoms with Crippen LogP contribution < -0.4 is 16.6 Å². The summed E-state index contributed by atoms with van der Waals surface area (Å²) in [4.78, 5) is 46.4. The second-order valence-electron chi connectivity index (χ2n) is 7.30. The normalized spacial score (nSPS) is 11.2. The number of rotatable bonds is 5. The Bertz CT molecular complexity index is 1370. The molecule has 2 aromatic rings. The van der Waals surface area contributed by atoms with Crippen molar-refractivity contribution < 1.29 is 4.79 Å². The molecule has 0 atom stereocenters. The Hall–Kier alpha value is -3.81. The van der Waals surface area contributed by atoms with Crippen molar-refractivity contribution >= 4 is 22.5 Å². The van der Waals surface area contributed by atoms with Crippen LogP contribution >= 0.6 is 0 Å². The molecule has 0 saturated heterocycles. The molecule has 2 aliphatic rings. The molecule has 2 aliphatic heterocycles. The van der Waals surface area contributed by atoms with E-state index in [2.05, 4.69) is 20.3 Å². The lowest BCUT2D eigenvalue weighted by Gasteiger charge is -2.18. The van der Waals surface area contributed by atoms with E-state index in [1.165, 1.54) is 6.92 Å². The van der Waals surface area contributed by atoms with Gasteiger partial charge in [0.2, 0.25) is 0 Å². The number of nitrogens with one attached hydrogen (secondary N) is 2. The van der Waals surface area contributed by atoms with Crippen LogP contribution in [0.1, 0.15) is 28.4 Å². The van der Waals surface area contributed by atoms with Gasteiger partial charge in [-0.05, 0) is 56.2 Å². The van der Waals surface area contributed by atoms with Gasteiger partial charge in [-0.25, -0.2) is 9.78 Å². The van der Waals surface area contributed by atoms with Gasteiger partial charge in [-0.1, -0.05) is 12.1 Å². The highest BCUT2D eigenvalue weighted by atomic mass is 16.2. The Morgan fingerprint density at radius 3 is 2.63 bits per heavy atom. The number of hydrogen-bond acceptors (Lipinski definition) is 6. The molecule has 30 heavy (non-hydrogen) atoms. The van der Waals surface area contributed by atoms with Crippen LogP contribution in [0.25, 0.3) is 22.6 Å². The third-order valence-corrected chi connectivity index (χ3v) is 5.16. The van der Waals surface area contributed by atoms with Crippen LogP contribution in [-0.4, -0.2) is 31.8 Å². The summed E-state index contributed by atoms with van der Waals surface area (Å²) in [6, 6.07) is 11.2. The number of aryl methyl sites for hydroxylation is 2. The van der Waals surface area contributed by atoms with E-state index in [0.29, 0.717) is 24.2 Å². The largest absolute Gasteiger partial charge is 0.383 e. The summed E-state index contributed by atoms with van der Waals surface area (Å²) in [5, 5.41) is 3.29. The van der Waals surface area contributed by atoms with Gasteiger partial charge >= 0.3 is 5.69 Å². The highest BCUT2D eigenvalue weighted by Gasteiger charge is 2.19. The van der Waals surface area contributed by atoms with Crippen LogP contribution in [0.15, 0.2) is 46.0 Å². The van der Waals surface area contributed by atoms with Crippen molar-refractivity contribution in [3.05, 3.63) is 73.9 Å². The zero-order valence-electron chi connectivity index (χ0n) is 16.9. The van der Waals surface area contributed by atoms with Gasteiger partial charge in [0.1, 0.15) is 0 Å². The molecule has 0 unspecified atom stereocenters. The third-order valence-electron chi connectivity index (χ3n) is 5.16. The molecule has 0 amide bonds. The highest BCUT2D eigenvalue weighted by Crippen LogP contribution is 2.23. The Morgan fingerprint density at radius 2 is 1.87 bits per heavy atom. The Labute approximate surface area is 172 Å². The summed E-state index contributed by atoms with van der Waals surface area (Å²) in [5.74, 6) is 0.246. The van der Waals surface area contributed by atoms with Crippen LogP contribution in [0.4, 0.5) is 5.69 Å². The molecule has 152 valence electrons. The molecule has 2 N–H and O–H groups in total. The molecule has 2 heterocycles. The molecule has 0 saturated carbocycles. The maximum atomic E-state index is 12.3. The Morgan fingerprint density at radius 1 is 1.10 bits per heavy atom. The molecule has 0 fully saturated rings. The standard InChI is InChI=1S/C22H21N5O3/c1-12-9-17-18(10-13(12)2)27(20-19(24-17)21(29)26-22(30)25-20)8-7-23-16-6-4-5-15(11-16)14(3)28/h4-6,9-11,23H,7-8H2,1-3H3,(H,26,29,30). The smallest absolute Gasteiger partial charge is 0.349 e. The zero-order chi connectivity index (χ0) is 21.4. The molecule has 0 aliphatic carbocycles. The summed E-state index contributed by atoms with van der Waals surface area (Å²) >= 11 is 0. The lowest BCUT2D eigenvalue weighted by Crippen LogP contribution is -2.29. The molecule has 0 radical (unpaired) electrons. The van der Waals surface area contributed by atoms with Crippen LogP contribution in [0.3, 0.4) is 0 Å². The van der Waals surface area contributed by atoms with Gasteiger partial charge < -0.3 is 9.88 Å². The van der Waals surface area contributed by atoms with Crippen molar-refractivity contribution in [2.75, 3.05) is 11.9 Å². The molecule has 4 rings (SSSR count). The van der Waals surface area contributed by atoms with Crippen molar-refractivity contribution in [2.45, 2.75) is 27.3 Å². The molecule has 8 nitrogen and oxygen atoms in total. The van der Waals surface area contributed by atoms with Crippen molar-refractivity contribution in [3.8, 4) is 11.5 Å². The minimum atomic E-state index is -0.701. The molecule has 8 heteroatoms. The van der Waals surface area contributed by atoms with Gasteiger partial charge in [-0.15, -0.1) is 0 Å². The summed E-state index contributed by atoms with van der Waals surface area (Å²) < 4.78 is 1.84. The summed E-state index contributed by atoms with van der Waals surface area (Å²) in [6.45, 7) is 6.45. The Balaban J connectivity index is 1.77. The van der Waals surface area contributed by atoms with Crippen LogP contribution in [-0.2, 0) is 6.54 Å². The first-order valence-electron chi connectivity index (χ1n) is 9.60. The fraction of sp³-hybridized carbons (Fsp3) is 0.227.